The van der Waals surface area contributed by atoms with Crippen molar-refractivity contribution in [2.45, 2.75) is 19.9 Å². The molecule has 0 saturated heterocycles. The number of nitrogens with one attached hydrogen (secondary N) is 1. The van der Waals surface area contributed by atoms with Gasteiger partial charge in [-0.05, 0) is 26.0 Å². The van der Waals surface area contributed by atoms with E-state index in [1.165, 1.54) is 16.9 Å². The zero-order valence-corrected chi connectivity index (χ0v) is 15.5. The number of nitrogens with two attached hydrogens (primary N) is 1. The van der Waals surface area contributed by atoms with Gasteiger partial charge < -0.3 is 5.73 Å². The van der Waals surface area contributed by atoms with E-state index in [1.54, 1.807) is 32.2 Å². The van der Waals surface area contributed by atoms with Crippen LogP contribution in [-0.2, 0) is 0 Å². The summed E-state index contributed by atoms with van der Waals surface area (Å²) in [4.78, 5) is 23.7. The summed E-state index contributed by atoms with van der Waals surface area (Å²) in [6.07, 6.45) is 3.07. The summed E-state index contributed by atoms with van der Waals surface area (Å²) in [6.45, 7) is 3.43. The van der Waals surface area contributed by atoms with Crippen molar-refractivity contribution < 1.29 is 9.18 Å². The number of primary amides is 1. The van der Waals surface area contributed by atoms with Crippen molar-refractivity contribution in [3.63, 3.8) is 0 Å². The molecule has 29 heavy (non-hydrogen) atoms. The van der Waals surface area contributed by atoms with Crippen LogP contribution in [0.1, 0.15) is 31.1 Å². The minimum Gasteiger partial charge on any atom is -0.350 e. The fourth-order valence-corrected chi connectivity index (χ4v) is 2.93. The molecule has 2 amide bonds. The van der Waals surface area contributed by atoms with Crippen LogP contribution in [0.4, 0.5) is 9.18 Å². The fourth-order valence-electron chi connectivity index (χ4n) is 2.93. The number of rotatable bonds is 4. The van der Waals surface area contributed by atoms with Gasteiger partial charge in [0.2, 0.25) is 5.65 Å². The van der Waals surface area contributed by atoms with E-state index in [-0.39, 0.29) is 0 Å². The van der Waals surface area contributed by atoms with E-state index in [0.29, 0.717) is 33.8 Å². The largest absolute Gasteiger partial charge is 0.350 e. The molecular formula is C18H16FN9O. The number of carbonyl (C=O) groups is 1. The van der Waals surface area contributed by atoms with Gasteiger partial charge in [-0.1, -0.05) is 11.3 Å². The molecule has 0 aliphatic carbocycles. The highest BCUT2D eigenvalue weighted by atomic mass is 19.1. The normalized spacial score (nSPS) is 13.0. The van der Waals surface area contributed by atoms with Gasteiger partial charge in [-0.3, -0.25) is 4.98 Å². The predicted octanol–water partition coefficient (Wildman–Crippen LogP) is 1.91. The SMILES string of the molecule is C/C(=N\NC(N)=O)c1cnc2nnn(C(C)c3cc4cccnc4cc3F)c2n1. The number of urea groups is 1. The molecule has 0 aliphatic heterocycles. The molecule has 0 bridgehead atoms. The zero-order valence-electron chi connectivity index (χ0n) is 15.5. The number of fused-ring (bicyclic) bond motifs is 2. The molecule has 1 atom stereocenters. The number of pyridine rings is 1. The summed E-state index contributed by atoms with van der Waals surface area (Å²) >= 11 is 0. The number of hydrogen-bond acceptors (Lipinski definition) is 7. The molecule has 4 rings (SSSR count). The molecular weight excluding hydrogens is 377 g/mol. The highest BCUT2D eigenvalue weighted by Crippen LogP contribution is 2.26. The highest BCUT2D eigenvalue weighted by molar-refractivity contribution is 5.98. The van der Waals surface area contributed by atoms with Gasteiger partial charge in [-0.25, -0.2) is 29.3 Å². The predicted molar refractivity (Wildman–Crippen MR) is 104 cm³/mol. The summed E-state index contributed by atoms with van der Waals surface area (Å²) in [7, 11) is 0. The molecule has 1 aromatic carbocycles. The Balaban J connectivity index is 1.77. The van der Waals surface area contributed by atoms with Crippen molar-refractivity contribution in [1.29, 1.82) is 0 Å². The van der Waals surface area contributed by atoms with Crippen molar-refractivity contribution >= 4 is 33.9 Å². The Kier molecular flexibility index (Phi) is 4.55. The average molecular weight is 393 g/mol. The number of amides is 2. The van der Waals surface area contributed by atoms with E-state index in [4.69, 9.17) is 5.73 Å². The van der Waals surface area contributed by atoms with Crippen LogP contribution < -0.4 is 11.2 Å². The summed E-state index contributed by atoms with van der Waals surface area (Å²) in [6, 6.07) is 5.48. The second kappa shape index (κ2) is 7.19. The minimum absolute atomic E-state index is 0.305. The van der Waals surface area contributed by atoms with Crippen LogP contribution >= 0.6 is 0 Å². The second-order valence-corrected chi connectivity index (χ2v) is 6.36. The van der Waals surface area contributed by atoms with Crippen molar-refractivity contribution in [1.82, 2.24) is 35.4 Å². The molecule has 4 aromatic rings. The molecule has 0 saturated carbocycles. The topological polar surface area (TPSA) is 137 Å². The molecule has 0 aliphatic rings. The van der Waals surface area contributed by atoms with Crippen LogP contribution in [-0.4, -0.2) is 41.7 Å². The third-order valence-corrected chi connectivity index (χ3v) is 4.43. The van der Waals surface area contributed by atoms with E-state index in [0.717, 1.165) is 5.39 Å². The van der Waals surface area contributed by atoms with Gasteiger partial charge >= 0.3 is 6.03 Å². The summed E-state index contributed by atoms with van der Waals surface area (Å²) in [5, 5.41) is 12.8. The number of nitrogens with zero attached hydrogens (tertiary/aromatic N) is 7. The van der Waals surface area contributed by atoms with Gasteiger partial charge in [0.1, 0.15) is 11.5 Å². The number of halogens is 1. The Morgan fingerprint density at radius 2 is 2.17 bits per heavy atom. The first-order valence-corrected chi connectivity index (χ1v) is 8.66. The number of hydrogen-bond donors (Lipinski definition) is 2. The van der Waals surface area contributed by atoms with Gasteiger partial charge in [-0.2, -0.15) is 5.10 Å². The maximum Gasteiger partial charge on any atom is 0.332 e. The Morgan fingerprint density at radius 1 is 1.34 bits per heavy atom. The Morgan fingerprint density at radius 3 is 2.97 bits per heavy atom. The Hall–Kier alpha value is -4.02. The second-order valence-electron chi connectivity index (χ2n) is 6.36. The third-order valence-electron chi connectivity index (χ3n) is 4.43. The molecule has 0 fully saturated rings. The lowest BCUT2D eigenvalue weighted by Gasteiger charge is -2.14. The summed E-state index contributed by atoms with van der Waals surface area (Å²) < 4.78 is 16.2. The highest BCUT2D eigenvalue weighted by Gasteiger charge is 2.20. The average Bonchev–Trinajstić information content (AvgIpc) is 3.14. The molecule has 1 unspecified atom stereocenters. The van der Waals surface area contributed by atoms with Gasteiger partial charge in [0.25, 0.3) is 0 Å². The smallest absolute Gasteiger partial charge is 0.332 e. The van der Waals surface area contributed by atoms with E-state index in [9.17, 15) is 9.18 Å². The van der Waals surface area contributed by atoms with Gasteiger partial charge in [0, 0.05) is 23.2 Å². The van der Waals surface area contributed by atoms with E-state index >= 15 is 0 Å². The van der Waals surface area contributed by atoms with Crippen LogP contribution in [0.15, 0.2) is 41.8 Å². The fraction of sp³-hybridized carbons (Fsp3) is 0.167. The number of carbonyl (C=O) groups excluding carboxylic acids is 1. The minimum atomic E-state index is -0.792. The lowest BCUT2D eigenvalue weighted by molar-refractivity contribution is 0.249. The van der Waals surface area contributed by atoms with Crippen molar-refractivity contribution in [2.24, 2.45) is 10.8 Å². The maximum absolute atomic E-state index is 14.7. The lowest BCUT2D eigenvalue weighted by Crippen LogP contribution is -2.25. The van der Waals surface area contributed by atoms with Crippen molar-refractivity contribution in [3.8, 4) is 0 Å². The van der Waals surface area contributed by atoms with Gasteiger partial charge in [0.15, 0.2) is 5.65 Å². The molecule has 0 spiro atoms. The van der Waals surface area contributed by atoms with E-state index < -0.39 is 17.9 Å². The number of aromatic nitrogens is 6. The van der Waals surface area contributed by atoms with Crippen LogP contribution in [0.25, 0.3) is 22.2 Å². The molecule has 146 valence electrons. The zero-order chi connectivity index (χ0) is 20.5. The number of benzene rings is 1. The van der Waals surface area contributed by atoms with Crippen LogP contribution in [0.3, 0.4) is 0 Å². The van der Waals surface area contributed by atoms with Crippen molar-refractivity contribution in [3.05, 3.63) is 53.7 Å². The Labute approximate surface area is 163 Å². The molecule has 11 heteroatoms. The van der Waals surface area contributed by atoms with Gasteiger partial charge in [-0.15, -0.1) is 5.10 Å². The van der Waals surface area contributed by atoms with Crippen LogP contribution in [0.2, 0.25) is 0 Å². The van der Waals surface area contributed by atoms with Crippen LogP contribution in [0, 0.1) is 5.82 Å². The lowest BCUT2D eigenvalue weighted by atomic mass is 10.0. The summed E-state index contributed by atoms with van der Waals surface area (Å²) in [5.74, 6) is -0.403. The first kappa shape index (κ1) is 18.3. The quantitative estimate of drug-likeness (QED) is 0.401. The number of hydrazone groups is 1. The third kappa shape index (κ3) is 3.45. The molecule has 3 N–H and O–H groups in total. The van der Waals surface area contributed by atoms with E-state index in [1.807, 2.05) is 6.07 Å². The first-order valence-electron chi connectivity index (χ1n) is 8.66. The van der Waals surface area contributed by atoms with Gasteiger partial charge in [0.05, 0.1) is 23.5 Å². The standard InChI is InChI=1S/C18H16FN9O/c1-9(24-26-18(20)29)15-8-22-16-17(23-15)28(27-25-16)10(2)12-6-11-4-3-5-21-14(11)7-13(12)19/h3-8,10H,1-2H3,(H3,20,26,29)/b24-9+. The van der Waals surface area contributed by atoms with Crippen molar-refractivity contribution in [2.75, 3.05) is 0 Å². The summed E-state index contributed by atoms with van der Waals surface area (Å²) in [5.41, 5.74) is 9.59. The molecule has 3 heterocycles. The molecule has 0 radical (unpaired) electrons. The first-order chi connectivity index (χ1) is 13.9. The molecule has 10 nitrogen and oxygen atoms in total. The van der Waals surface area contributed by atoms with E-state index in [2.05, 4.69) is 35.8 Å². The maximum atomic E-state index is 14.7. The molecule has 3 aromatic heterocycles. The monoisotopic (exact) mass is 393 g/mol. The Bertz CT molecular complexity index is 1270. The van der Waals surface area contributed by atoms with Crippen LogP contribution in [0.5, 0.6) is 0 Å².